The number of amides is 1. The lowest BCUT2D eigenvalue weighted by molar-refractivity contribution is 0.178. The van der Waals surface area contributed by atoms with Crippen molar-refractivity contribution in [1.82, 2.24) is 5.32 Å². The molecule has 5 nitrogen and oxygen atoms in total. The van der Waals surface area contributed by atoms with Crippen LogP contribution < -0.4 is 5.32 Å². The van der Waals surface area contributed by atoms with Gasteiger partial charge in [-0.3, -0.25) is 0 Å². The van der Waals surface area contributed by atoms with Crippen LogP contribution in [0.1, 0.15) is 0 Å². The van der Waals surface area contributed by atoms with Crippen LogP contribution in [0.2, 0.25) is 0 Å². The molecular formula is C4H6N2O3. The van der Waals surface area contributed by atoms with Crippen LogP contribution in [0.3, 0.4) is 0 Å². The van der Waals surface area contributed by atoms with Crippen molar-refractivity contribution in [1.29, 1.82) is 5.41 Å². The van der Waals surface area contributed by atoms with Crippen molar-refractivity contribution < 1.29 is 14.3 Å². The number of carbonyl (C=O) groups is 1. The Balaban J connectivity index is 0.000000187. The van der Waals surface area contributed by atoms with Gasteiger partial charge >= 0.3 is 6.09 Å². The molecule has 5 heteroatoms. The summed E-state index contributed by atoms with van der Waals surface area (Å²) in [4.78, 5) is 18.3. The number of hydrogen-bond acceptors (Lipinski definition) is 4. The maximum atomic E-state index is 9.91. The summed E-state index contributed by atoms with van der Waals surface area (Å²) in [6.07, 6.45) is 0.454. The van der Waals surface area contributed by atoms with E-state index in [4.69, 9.17) is 10.2 Å². The molecule has 0 atom stereocenters. The second-order valence-corrected chi connectivity index (χ2v) is 1.16. The van der Waals surface area contributed by atoms with Gasteiger partial charge in [-0.15, -0.1) is 0 Å². The molecular weight excluding hydrogens is 124 g/mol. The number of isocyanates is 1. The van der Waals surface area contributed by atoms with E-state index in [-0.39, 0.29) is 6.09 Å². The quantitative estimate of drug-likeness (QED) is 0.346. The molecule has 50 valence electrons. The average Bonchev–Trinajstić information content (AvgIpc) is 2.20. The highest BCUT2D eigenvalue weighted by Crippen LogP contribution is 1.82. The summed E-state index contributed by atoms with van der Waals surface area (Å²) in [5, 5.41) is 7.86. The van der Waals surface area contributed by atoms with E-state index in [1.54, 1.807) is 0 Å². The topological polar surface area (TPSA) is 79.2 Å². The fraction of sp³-hybridized carbons (Fsp3) is 0.500. The molecule has 0 aromatic carbocycles. The molecule has 1 amide bonds. The average molecular weight is 130 g/mol. The van der Waals surface area contributed by atoms with E-state index >= 15 is 0 Å². The maximum Gasteiger partial charge on any atom is 0.407 e. The predicted octanol–water partition coefficient (Wildman–Crippen LogP) is -0.373. The molecule has 0 unspecified atom stereocenters. The summed E-state index contributed by atoms with van der Waals surface area (Å²) in [5.41, 5.74) is 0. The van der Waals surface area contributed by atoms with Gasteiger partial charge in [0.15, 0.2) is 0 Å². The first-order valence-electron chi connectivity index (χ1n) is 2.25. The van der Waals surface area contributed by atoms with Gasteiger partial charge in [-0.25, -0.2) is 15.0 Å². The summed E-state index contributed by atoms with van der Waals surface area (Å²) >= 11 is 0. The molecule has 0 spiro atoms. The van der Waals surface area contributed by atoms with Crippen LogP contribution >= 0.6 is 0 Å². The number of rotatable bonds is 0. The zero-order chi connectivity index (χ0) is 7.11. The van der Waals surface area contributed by atoms with Gasteiger partial charge in [0.05, 0.1) is 6.54 Å². The zero-order valence-corrected chi connectivity index (χ0v) is 4.64. The van der Waals surface area contributed by atoms with Crippen molar-refractivity contribution in [3.8, 4) is 0 Å². The van der Waals surface area contributed by atoms with Crippen molar-refractivity contribution in [3.63, 3.8) is 0 Å². The van der Waals surface area contributed by atoms with Crippen LogP contribution in [-0.2, 0) is 9.53 Å². The third-order valence-electron chi connectivity index (χ3n) is 0.605. The molecule has 0 saturated carbocycles. The van der Waals surface area contributed by atoms with E-state index in [9.17, 15) is 4.79 Å². The summed E-state index contributed by atoms with van der Waals surface area (Å²) < 4.78 is 4.40. The highest BCUT2D eigenvalue weighted by atomic mass is 16.6. The summed E-state index contributed by atoms with van der Waals surface area (Å²) in [7, 11) is 0. The molecule has 2 N–H and O–H groups in total. The van der Waals surface area contributed by atoms with Gasteiger partial charge in [-0.2, -0.15) is 0 Å². The lowest BCUT2D eigenvalue weighted by Gasteiger charge is -1.80. The van der Waals surface area contributed by atoms with Crippen LogP contribution in [0.25, 0.3) is 0 Å². The minimum atomic E-state index is -0.296. The Labute approximate surface area is 51.5 Å². The number of nitrogens with one attached hydrogen (secondary N) is 2. The van der Waals surface area contributed by atoms with Gasteiger partial charge in [0.2, 0.25) is 6.08 Å². The minimum Gasteiger partial charge on any atom is -0.448 e. The highest BCUT2D eigenvalue weighted by Gasteiger charge is 2.06. The Morgan fingerprint density at radius 3 is 2.44 bits per heavy atom. The molecule has 0 aromatic heterocycles. The lowest BCUT2D eigenvalue weighted by Crippen LogP contribution is -2.11. The lowest BCUT2D eigenvalue weighted by atomic mass is 10.7. The van der Waals surface area contributed by atoms with Crippen LogP contribution in [0, 0.1) is 5.41 Å². The number of ether oxygens (including phenoxy) is 1. The molecule has 1 fully saturated rings. The highest BCUT2D eigenvalue weighted by molar-refractivity contribution is 5.68. The van der Waals surface area contributed by atoms with E-state index < -0.39 is 0 Å². The second kappa shape index (κ2) is 4.80. The predicted molar refractivity (Wildman–Crippen MR) is 27.8 cm³/mol. The zero-order valence-electron chi connectivity index (χ0n) is 4.64. The van der Waals surface area contributed by atoms with E-state index in [1.165, 1.54) is 0 Å². The van der Waals surface area contributed by atoms with E-state index in [0.29, 0.717) is 13.2 Å². The second-order valence-electron chi connectivity index (χ2n) is 1.16. The Morgan fingerprint density at radius 2 is 2.33 bits per heavy atom. The first-order chi connectivity index (χ1) is 4.31. The molecule has 1 rings (SSSR count). The summed E-state index contributed by atoms with van der Waals surface area (Å²) in [5.74, 6) is 0. The fourth-order valence-corrected chi connectivity index (χ4v) is 0.348. The Kier molecular flexibility index (Phi) is 4.08. The first kappa shape index (κ1) is 7.65. The molecule has 1 aliphatic rings. The molecule has 0 aliphatic carbocycles. The molecule has 0 aromatic rings. The van der Waals surface area contributed by atoms with Crippen molar-refractivity contribution >= 4 is 12.2 Å². The molecule has 1 aliphatic heterocycles. The SMILES string of the molecule is N=C=O.O=C1NCCO1. The van der Waals surface area contributed by atoms with Gasteiger partial charge in [-0.1, -0.05) is 0 Å². The number of alkyl carbamates (subject to hydrolysis) is 1. The molecule has 0 bridgehead atoms. The van der Waals surface area contributed by atoms with Gasteiger partial charge in [0, 0.05) is 0 Å². The van der Waals surface area contributed by atoms with Crippen molar-refractivity contribution in [2.75, 3.05) is 13.2 Å². The third kappa shape index (κ3) is 4.50. The fourth-order valence-electron chi connectivity index (χ4n) is 0.348. The van der Waals surface area contributed by atoms with Crippen LogP contribution in [0.15, 0.2) is 0 Å². The number of carbonyl (C=O) groups excluding carboxylic acids is 2. The van der Waals surface area contributed by atoms with Crippen molar-refractivity contribution in [2.45, 2.75) is 0 Å². The Bertz CT molecular complexity index is 120. The molecule has 1 saturated heterocycles. The largest absolute Gasteiger partial charge is 0.448 e. The van der Waals surface area contributed by atoms with Crippen molar-refractivity contribution in [3.05, 3.63) is 0 Å². The van der Waals surface area contributed by atoms with E-state index in [2.05, 4.69) is 10.1 Å². The van der Waals surface area contributed by atoms with Crippen LogP contribution in [-0.4, -0.2) is 25.3 Å². The van der Waals surface area contributed by atoms with Gasteiger partial charge in [0.1, 0.15) is 6.61 Å². The van der Waals surface area contributed by atoms with Crippen LogP contribution in [0.5, 0.6) is 0 Å². The Morgan fingerprint density at radius 1 is 1.78 bits per heavy atom. The summed E-state index contributed by atoms with van der Waals surface area (Å²) in [6, 6.07) is 0. The minimum absolute atomic E-state index is 0.296. The summed E-state index contributed by atoms with van der Waals surface area (Å²) in [6.45, 7) is 1.19. The Hall–Kier alpha value is -1.35. The van der Waals surface area contributed by atoms with Gasteiger partial charge in [-0.05, 0) is 0 Å². The number of cyclic esters (lactones) is 1. The maximum absolute atomic E-state index is 9.91. The van der Waals surface area contributed by atoms with Gasteiger partial charge in [0.25, 0.3) is 0 Å². The molecule has 9 heavy (non-hydrogen) atoms. The standard InChI is InChI=1S/C3H5NO2.CHNO/c5-3-4-1-2-6-3;2-1-3/h1-2H2,(H,4,5);2H. The van der Waals surface area contributed by atoms with Gasteiger partial charge < -0.3 is 10.1 Å². The van der Waals surface area contributed by atoms with E-state index in [1.807, 2.05) is 0 Å². The van der Waals surface area contributed by atoms with Crippen molar-refractivity contribution in [2.24, 2.45) is 0 Å². The first-order valence-corrected chi connectivity index (χ1v) is 2.25. The molecule has 0 radical (unpaired) electrons. The number of hydrogen-bond donors (Lipinski definition) is 2. The van der Waals surface area contributed by atoms with E-state index in [0.717, 1.165) is 6.08 Å². The smallest absolute Gasteiger partial charge is 0.407 e. The molecule has 1 heterocycles. The van der Waals surface area contributed by atoms with Crippen LogP contribution in [0.4, 0.5) is 4.79 Å². The third-order valence-corrected chi connectivity index (χ3v) is 0.605. The normalized spacial score (nSPS) is 14.0. The monoisotopic (exact) mass is 130 g/mol.